The highest BCUT2D eigenvalue weighted by Crippen LogP contribution is 2.22. The number of Topliss-reactive ketones (excluding diaryl/α,β-unsaturated/α-hetero) is 1. The van der Waals surface area contributed by atoms with Gasteiger partial charge in [0.2, 0.25) is 0 Å². The third-order valence-electron chi connectivity index (χ3n) is 5.94. The molecule has 4 aromatic rings. The fourth-order valence-electron chi connectivity index (χ4n) is 4.03. The van der Waals surface area contributed by atoms with Gasteiger partial charge in [-0.05, 0) is 54.0 Å². The van der Waals surface area contributed by atoms with Crippen LogP contribution in [0.5, 0.6) is 0 Å². The van der Waals surface area contributed by atoms with Gasteiger partial charge in [0, 0.05) is 16.0 Å². The lowest BCUT2D eigenvalue weighted by atomic mass is 9.89. The minimum atomic E-state index is -1.12. The summed E-state index contributed by atoms with van der Waals surface area (Å²) in [6, 6.07) is 23.1. The molecule has 6 nitrogen and oxygen atoms in total. The Kier molecular flexibility index (Phi) is 8.11. The number of esters is 2. The number of hydrogen-bond acceptors (Lipinski definition) is 6. The maximum Gasteiger partial charge on any atom is 0.338 e. The largest absolute Gasteiger partial charge is 0.468 e. The summed E-state index contributed by atoms with van der Waals surface area (Å²) < 4.78 is 9.77. The van der Waals surface area contributed by atoms with E-state index in [1.165, 1.54) is 14.2 Å². The smallest absolute Gasteiger partial charge is 0.338 e. The summed E-state index contributed by atoms with van der Waals surface area (Å²) in [6.45, 7) is 0. The van der Waals surface area contributed by atoms with Crippen molar-refractivity contribution < 1.29 is 23.9 Å². The average molecular weight is 514 g/mol. The first kappa shape index (κ1) is 25.8. The van der Waals surface area contributed by atoms with Crippen LogP contribution in [0.3, 0.4) is 0 Å². The molecule has 0 spiro atoms. The van der Waals surface area contributed by atoms with Crippen molar-refractivity contribution in [3.8, 4) is 0 Å². The summed E-state index contributed by atoms with van der Waals surface area (Å²) in [5, 5.41) is 1.60. The van der Waals surface area contributed by atoms with Crippen LogP contribution in [-0.2, 0) is 20.7 Å². The van der Waals surface area contributed by atoms with Gasteiger partial charge in [0.05, 0.1) is 31.0 Å². The third-order valence-corrected chi connectivity index (χ3v) is 6.18. The van der Waals surface area contributed by atoms with Crippen LogP contribution in [0.1, 0.15) is 37.5 Å². The zero-order chi connectivity index (χ0) is 26.4. The molecule has 0 aliphatic rings. The number of aromatic nitrogens is 1. The Labute approximate surface area is 219 Å². The number of pyridine rings is 1. The summed E-state index contributed by atoms with van der Waals surface area (Å²) in [5.74, 6) is -2.74. The van der Waals surface area contributed by atoms with Crippen molar-refractivity contribution in [3.63, 3.8) is 0 Å². The van der Waals surface area contributed by atoms with E-state index in [2.05, 4.69) is 4.98 Å². The highest BCUT2D eigenvalue weighted by Gasteiger charge is 2.30. The highest BCUT2D eigenvalue weighted by molar-refractivity contribution is 6.31. The molecule has 0 saturated carbocycles. The number of fused-ring (bicyclic) bond motifs is 1. The Morgan fingerprint density at radius 1 is 0.892 bits per heavy atom. The molecule has 3 aromatic carbocycles. The van der Waals surface area contributed by atoms with Gasteiger partial charge < -0.3 is 9.47 Å². The zero-order valence-corrected chi connectivity index (χ0v) is 21.1. The fraction of sp³-hybridized carbons (Fsp3) is 0.133. The van der Waals surface area contributed by atoms with Gasteiger partial charge in [-0.2, -0.15) is 0 Å². The van der Waals surface area contributed by atoms with Crippen molar-refractivity contribution in [2.45, 2.75) is 6.42 Å². The lowest BCUT2D eigenvalue weighted by Gasteiger charge is -2.16. The Balaban J connectivity index is 1.59. The van der Waals surface area contributed by atoms with E-state index in [1.807, 2.05) is 42.5 Å². The Bertz CT molecular complexity index is 1510. The molecule has 0 radical (unpaired) electrons. The second-order valence-corrected chi connectivity index (χ2v) is 8.76. The first-order valence-electron chi connectivity index (χ1n) is 11.5. The maximum atomic E-state index is 13.4. The van der Waals surface area contributed by atoms with Gasteiger partial charge in [-0.25, -0.2) is 9.78 Å². The Morgan fingerprint density at radius 2 is 1.68 bits per heavy atom. The third kappa shape index (κ3) is 6.11. The number of ketones is 1. The van der Waals surface area contributed by atoms with Gasteiger partial charge in [0.15, 0.2) is 5.78 Å². The van der Waals surface area contributed by atoms with Crippen LogP contribution in [0.4, 0.5) is 0 Å². The number of methoxy groups -OCH3 is 2. The van der Waals surface area contributed by atoms with Gasteiger partial charge >= 0.3 is 11.9 Å². The molecule has 1 aromatic heterocycles. The molecule has 7 heteroatoms. The molecular weight excluding hydrogens is 490 g/mol. The summed E-state index contributed by atoms with van der Waals surface area (Å²) in [7, 11) is 2.52. The fourth-order valence-corrected chi connectivity index (χ4v) is 4.20. The van der Waals surface area contributed by atoms with Crippen molar-refractivity contribution in [1.82, 2.24) is 4.98 Å². The number of carbonyl (C=O) groups excluding carboxylic acids is 3. The number of ether oxygens (including phenoxy) is 2. The van der Waals surface area contributed by atoms with Gasteiger partial charge in [-0.1, -0.05) is 66.2 Å². The highest BCUT2D eigenvalue weighted by atomic mass is 35.5. The minimum Gasteiger partial charge on any atom is -0.468 e. The van der Waals surface area contributed by atoms with Crippen molar-refractivity contribution in [2.75, 3.05) is 14.2 Å². The molecule has 0 unspecified atom stereocenters. The van der Waals surface area contributed by atoms with E-state index in [1.54, 1.807) is 48.5 Å². The van der Waals surface area contributed by atoms with Gasteiger partial charge in [-0.15, -0.1) is 0 Å². The van der Waals surface area contributed by atoms with Crippen LogP contribution < -0.4 is 0 Å². The first-order chi connectivity index (χ1) is 17.9. The van der Waals surface area contributed by atoms with Crippen molar-refractivity contribution in [2.24, 2.45) is 5.92 Å². The first-order valence-corrected chi connectivity index (χ1v) is 11.9. The summed E-state index contributed by atoms with van der Waals surface area (Å²) >= 11 is 6.09. The average Bonchev–Trinajstić information content (AvgIpc) is 2.93. The van der Waals surface area contributed by atoms with Crippen molar-refractivity contribution in [3.05, 3.63) is 112 Å². The van der Waals surface area contributed by atoms with Crippen LogP contribution in [0.15, 0.2) is 78.9 Å². The summed E-state index contributed by atoms with van der Waals surface area (Å²) in [4.78, 5) is 42.8. The molecular formula is C30H24ClNO5. The number of nitrogens with zero attached hydrogens (tertiary/aromatic N) is 1. The van der Waals surface area contributed by atoms with Crippen LogP contribution in [-0.4, -0.2) is 36.9 Å². The second kappa shape index (κ2) is 11.6. The molecule has 186 valence electrons. The van der Waals surface area contributed by atoms with Gasteiger partial charge in [0.25, 0.3) is 0 Å². The van der Waals surface area contributed by atoms with Gasteiger partial charge in [-0.3, -0.25) is 9.59 Å². The monoisotopic (exact) mass is 513 g/mol. The number of carbonyl (C=O) groups is 3. The predicted octanol–water partition coefficient (Wildman–Crippen LogP) is 6.06. The van der Waals surface area contributed by atoms with E-state index in [0.717, 1.165) is 22.2 Å². The minimum absolute atomic E-state index is 0.000413. The van der Waals surface area contributed by atoms with Crippen molar-refractivity contribution >= 4 is 52.4 Å². The normalized spacial score (nSPS) is 11.9. The molecule has 37 heavy (non-hydrogen) atoms. The number of rotatable bonds is 8. The van der Waals surface area contributed by atoms with E-state index in [9.17, 15) is 14.4 Å². The quantitative estimate of drug-likeness (QED) is 0.162. The van der Waals surface area contributed by atoms with E-state index in [0.29, 0.717) is 21.7 Å². The second-order valence-electron chi connectivity index (χ2n) is 8.32. The molecule has 1 atom stereocenters. The molecule has 4 rings (SSSR count). The standard InChI is InChI=1S/C30H24ClNO5/c1-36-29(34)25-9-4-3-7-21(25)17-26(30(35)37-2)28(33)22-8-5-6-19(16-22)10-14-24-15-12-20-11-13-23(31)18-27(20)32-24/h3-16,18,26H,17H2,1-2H3/b14-10+/t26-/m1/s1. The van der Waals surface area contributed by atoms with E-state index >= 15 is 0 Å². The van der Waals surface area contributed by atoms with E-state index in [-0.39, 0.29) is 6.42 Å². The lowest BCUT2D eigenvalue weighted by Crippen LogP contribution is -2.28. The topological polar surface area (TPSA) is 82.6 Å². The predicted molar refractivity (Wildman–Crippen MR) is 143 cm³/mol. The Morgan fingerprint density at radius 3 is 2.46 bits per heavy atom. The Hall–Kier alpha value is -4.29. The van der Waals surface area contributed by atoms with E-state index < -0.39 is 23.6 Å². The van der Waals surface area contributed by atoms with Crippen molar-refractivity contribution in [1.29, 1.82) is 0 Å². The lowest BCUT2D eigenvalue weighted by molar-refractivity contribution is -0.143. The van der Waals surface area contributed by atoms with Crippen LogP contribution in [0, 0.1) is 5.92 Å². The molecule has 0 fully saturated rings. The number of hydrogen-bond donors (Lipinski definition) is 0. The molecule has 0 aliphatic carbocycles. The molecule has 0 bridgehead atoms. The van der Waals surface area contributed by atoms with E-state index in [4.69, 9.17) is 21.1 Å². The maximum absolute atomic E-state index is 13.4. The molecule has 0 amide bonds. The SMILES string of the molecule is COC(=O)c1ccccc1C[C@@H](C(=O)OC)C(=O)c1cccc(/C=C/c2ccc3ccc(Cl)cc3n2)c1. The zero-order valence-electron chi connectivity index (χ0n) is 20.3. The van der Waals surface area contributed by atoms with Gasteiger partial charge in [0.1, 0.15) is 5.92 Å². The summed E-state index contributed by atoms with van der Waals surface area (Å²) in [5.41, 5.74) is 3.46. The molecule has 0 N–H and O–H groups in total. The number of halogens is 1. The number of benzene rings is 3. The molecule has 0 saturated heterocycles. The molecule has 1 heterocycles. The van der Waals surface area contributed by atoms with Crippen LogP contribution in [0.2, 0.25) is 5.02 Å². The van der Waals surface area contributed by atoms with Crippen LogP contribution in [0.25, 0.3) is 23.1 Å². The summed E-state index contributed by atoms with van der Waals surface area (Å²) in [6.07, 6.45) is 3.68. The molecule has 0 aliphatic heterocycles. The van der Waals surface area contributed by atoms with Crippen LogP contribution >= 0.6 is 11.6 Å².